The maximum Gasteiger partial charge on any atom is 0.00906 e. The molecular weight excluding hydrogens is 435 g/mol. The molecule has 0 saturated heterocycles. The van der Waals surface area contributed by atoms with E-state index in [0.717, 1.165) is 5.75 Å². The molecule has 2 heteroatoms. The van der Waals surface area contributed by atoms with Gasteiger partial charge in [-0.2, -0.15) is 0 Å². The zero-order valence-electron chi connectivity index (χ0n) is 18.8. The summed E-state index contributed by atoms with van der Waals surface area (Å²) in [5.74, 6) is 1.05. The van der Waals surface area contributed by atoms with Gasteiger partial charge in [-0.05, 0) is 56.1 Å². The third kappa shape index (κ3) is 4.20. The average molecular weight is 463 g/mol. The van der Waals surface area contributed by atoms with Crippen LogP contribution in [-0.4, -0.2) is 11.0 Å². The zero-order valence-corrected chi connectivity index (χ0v) is 20.5. The van der Waals surface area contributed by atoms with Gasteiger partial charge in [0.2, 0.25) is 0 Å². The van der Waals surface area contributed by atoms with Crippen LogP contribution in [0.5, 0.6) is 0 Å². The molecule has 0 nitrogen and oxygen atoms in total. The van der Waals surface area contributed by atoms with Gasteiger partial charge in [0.15, 0.2) is 0 Å². The molecule has 0 aromatic heterocycles. The second kappa shape index (κ2) is 9.87. The number of hydrogen-bond acceptors (Lipinski definition) is 1. The van der Waals surface area contributed by atoms with Crippen molar-refractivity contribution in [2.45, 2.75) is 6.92 Å². The standard InChI is InChI=1S/C31H27PS/c1-2-33-32(29-21-13-6-14-22-29)30(26-17-9-4-10-18-26)23-28(25-15-7-3-8-16-25)24-31(32)27-19-11-5-12-20-27/h3-24H,2H2,1H3. The summed E-state index contributed by atoms with van der Waals surface area (Å²) in [6.45, 7) is 2.29. The van der Waals surface area contributed by atoms with E-state index in [1.54, 1.807) is 0 Å². The Morgan fingerprint density at radius 3 is 1.58 bits per heavy atom. The summed E-state index contributed by atoms with van der Waals surface area (Å²) in [6.07, 6.45) is 2.97. The zero-order chi connectivity index (χ0) is 22.5. The van der Waals surface area contributed by atoms with Crippen molar-refractivity contribution in [3.05, 3.63) is 150 Å². The maximum atomic E-state index is 2.46. The highest BCUT2D eigenvalue weighted by molar-refractivity contribution is 8.67. The van der Waals surface area contributed by atoms with Gasteiger partial charge in [0.25, 0.3) is 0 Å². The average Bonchev–Trinajstić information content (AvgIpc) is 2.91. The molecule has 33 heavy (non-hydrogen) atoms. The first-order chi connectivity index (χ1) is 16.3. The second-order valence-electron chi connectivity index (χ2n) is 7.98. The summed E-state index contributed by atoms with van der Waals surface area (Å²) in [6, 6.07) is 43.9. The third-order valence-corrected chi connectivity index (χ3v) is 13.5. The van der Waals surface area contributed by atoms with Gasteiger partial charge in [-0.3, -0.25) is 0 Å². The second-order valence-corrected chi connectivity index (χ2v) is 13.9. The molecule has 0 radical (unpaired) electrons. The Balaban J connectivity index is 1.94. The van der Waals surface area contributed by atoms with Crippen molar-refractivity contribution in [2.75, 3.05) is 5.75 Å². The maximum absolute atomic E-state index is 2.46. The van der Waals surface area contributed by atoms with E-state index in [2.05, 4.69) is 152 Å². The molecule has 4 aromatic rings. The van der Waals surface area contributed by atoms with Crippen LogP contribution in [0, 0.1) is 0 Å². The molecule has 4 aromatic carbocycles. The first-order valence-electron chi connectivity index (χ1n) is 11.4. The van der Waals surface area contributed by atoms with E-state index in [9.17, 15) is 0 Å². The monoisotopic (exact) mass is 462 g/mol. The first kappa shape index (κ1) is 21.8. The van der Waals surface area contributed by atoms with Gasteiger partial charge in [-0.25, -0.2) is 0 Å². The Morgan fingerprint density at radius 1 is 0.545 bits per heavy atom. The summed E-state index contributed by atoms with van der Waals surface area (Å²) in [4.78, 5) is 0. The van der Waals surface area contributed by atoms with Crippen LogP contribution >= 0.6 is 17.5 Å². The summed E-state index contributed by atoms with van der Waals surface area (Å²) >= 11 is 2.12. The minimum Gasteiger partial charge on any atom is -0.126 e. The molecule has 1 atom stereocenters. The van der Waals surface area contributed by atoms with Crippen molar-refractivity contribution >= 4 is 39.0 Å². The fourth-order valence-electron chi connectivity index (χ4n) is 4.52. The molecule has 0 bridgehead atoms. The highest BCUT2D eigenvalue weighted by atomic mass is 32.7. The molecule has 162 valence electrons. The lowest BCUT2D eigenvalue weighted by Crippen LogP contribution is -2.15. The highest BCUT2D eigenvalue weighted by Crippen LogP contribution is 2.72. The van der Waals surface area contributed by atoms with Crippen LogP contribution in [0.2, 0.25) is 0 Å². The molecule has 0 fully saturated rings. The van der Waals surface area contributed by atoms with E-state index in [4.69, 9.17) is 0 Å². The summed E-state index contributed by atoms with van der Waals surface area (Å²) < 4.78 is 0. The number of benzene rings is 4. The van der Waals surface area contributed by atoms with Gasteiger partial charge in [0.1, 0.15) is 0 Å². The molecule has 0 saturated carbocycles. The van der Waals surface area contributed by atoms with E-state index in [0.29, 0.717) is 0 Å². The molecule has 1 unspecified atom stereocenters. The van der Waals surface area contributed by atoms with E-state index < -0.39 is 6.09 Å². The van der Waals surface area contributed by atoms with E-state index in [1.165, 1.54) is 38.2 Å². The first-order valence-corrected chi connectivity index (χ1v) is 14.8. The van der Waals surface area contributed by atoms with Crippen LogP contribution in [-0.2, 0) is 0 Å². The van der Waals surface area contributed by atoms with Crippen LogP contribution in [0.4, 0.5) is 0 Å². The molecule has 0 N–H and O–H groups in total. The quantitative estimate of drug-likeness (QED) is 0.259. The van der Waals surface area contributed by atoms with Crippen molar-refractivity contribution in [3.63, 3.8) is 0 Å². The Hall–Kier alpha value is -2.99. The normalized spacial score (nSPS) is 17.9. The van der Waals surface area contributed by atoms with E-state index in [1.807, 2.05) is 0 Å². The minimum absolute atomic E-state index is 1.05. The lowest BCUT2D eigenvalue weighted by molar-refractivity contribution is 1.54. The molecule has 1 aliphatic heterocycles. The largest absolute Gasteiger partial charge is 0.126 e. The topological polar surface area (TPSA) is 0 Å². The molecule has 1 heterocycles. The van der Waals surface area contributed by atoms with Gasteiger partial charge in [-0.1, -0.05) is 128 Å². The third-order valence-electron chi connectivity index (χ3n) is 5.95. The summed E-state index contributed by atoms with van der Waals surface area (Å²) in [7, 11) is 0. The van der Waals surface area contributed by atoms with Crippen LogP contribution in [0.15, 0.2) is 133 Å². The lowest BCUT2D eigenvalue weighted by Gasteiger charge is -2.36. The van der Waals surface area contributed by atoms with E-state index in [-0.39, 0.29) is 0 Å². The molecule has 5 rings (SSSR count). The smallest absolute Gasteiger partial charge is 0.00906 e. The summed E-state index contributed by atoms with van der Waals surface area (Å²) in [5.41, 5.74) is 5.15. The van der Waals surface area contributed by atoms with Crippen molar-refractivity contribution in [2.24, 2.45) is 0 Å². The number of hydrogen-bond donors (Lipinski definition) is 0. The van der Waals surface area contributed by atoms with Gasteiger partial charge in [0, 0.05) is 6.09 Å². The predicted octanol–water partition coefficient (Wildman–Crippen LogP) is 8.36. The van der Waals surface area contributed by atoms with Gasteiger partial charge >= 0.3 is 0 Å². The van der Waals surface area contributed by atoms with E-state index >= 15 is 0 Å². The molecule has 0 spiro atoms. The van der Waals surface area contributed by atoms with Crippen LogP contribution in [0.3, 0.4) is 0 Å². The van der Waals surface area contributed by atoms with Crippen molar-refractivity contribution < 1.29 is 0 Å². The minimum atomic E-state index is -1.95. The van der Waals surface area contributed by atoms with Gasteiger partial charge in [-0.15, -0.1) is 11.4 Å². The summed E-state index contributed by atoms with van der Waals surface area (Å²) in [5, 5.41) is 4.32. The van der Waals surface area contributed by atoms with Gasteiger partial charge in [0.05, 0.1) is 0 Å². The lowest BCUT2D eigenvalue weighted by atomic mass is 10.0. The van der Waals surface area contributed by atoms with Crippen molar-refractivity contribution in [3.8, 4) is 0 Å². The SMILES string of the molecule is CCSP1(c2ccccc2)=C(c2ccccc2)C=C(c2ccccc2)C=C1c1ccccc1. The predicted molar refractivity (Wildman–Crippen MR) is 151 cm³/mol. The fraction of sp³-hybridized carbons (Fsp3) is 0.0645. The molecule has 0 aliphatic carbocycles. The Morgan fingerprint density at radius 2 is 1.03 bits per heavy atom. The highest BCUT2D eigenvalue weighted by Gasteiger charge is 2.33. The van der Waals surface area contributed by atoms with Crippen LogP contribution in [0.1, 0.15) is 23.6 Å². The molecular formula is C31H27PS. The Bertz CT molecular complexity index is 1330. The molecule has 0 amide bonds. The van der Waals surface area contributed by atoms with Crippen LogP contribution in [0.25, 0.3) is 10.9 Å². The fourth-order valence-corrected chi connectivity index (χ4v) is 12.2. The van der Waals surface area contributed by atoms with Gasteiger partial charge < -0.3 is 0 Å². The number of rotatable bonds is 6. The number of allylic oxidation sites excluding steroid dienone is 3. The molecule has 1 aliphatic rings. The van der Waals surface area contributed by atoms with Crippen LogP contribution < -0.4 is 5.30 Å². The Kier molecular flexibility index (Phi) is 6.53. The Labute approximate surface area is 201 Å². The van der Waals surface area contributed by atoms with Crippen molar-refractivity contribution in [1.29, 1.82) is 0 Å². The van der Waals surface area contributed by atoms with Crippen molar-refractivity contribution in [1.82, 2.24) is 0 Å².